The number of hydrogen-bond acceptors (Lipinski definition) is 3. The highest BCUT2D eigenvalue weighted by Crippen LogP contribution is 2.26. The summed E-state index contributed by atoms with van der Waals surface area (Å²) in [5.74, 6) is 1.70. The normalized spacial score (nSPS) is 10.4. The topological polar surface area (TPSA) is 30.5 Å². The van der Waals surface area contributed by atoms with Crippen molar-refractivity contribution < 1.29 is 9.47 Å². The molecular weight excluding hydrogens is 286 g/mol. The second kappa shape index (κ2) is 7.91. The van der Waals surface area contributed by atoms with E-state index < -0.39 is 0 Å². The number of methoxy groups -OCH3 is 1. The highest BCUT2D eigenvalue weighted by Gasteiger charge is 2.07. The Hall–Kier alpha value is -1.71. The quantitative estimate of drug-likeness (QED) is 0.837. The van der Waals surface area contributed by atoms with Crippen molar-refractivity contribution in [3.63, 3.8) is 0 Å². The van der Waals surface area contributed by atoms with Gasteiger partial charge < -0.3 is 14.8 Å². The van der Waals surface area contributed by atoms with E-state index >= 15 is 0 Å². The molecule has 112 valence electrons. The van der Waals surface area contributed by atoms with Crippen molar-refractivity contribution in [3.8, 4) is 11.5 Å². The summed E-state index contributed by atoms with van der Waals surface area (Å²) in [5, 5.41) is 4.10. The SMILES string of the molecule is CCOc1cccc(CNCc2c(Cl)cccc2OC)c1. The number of ether oxygens (including phenoxy) is 2. The summed E-state index contributed by atoms with van der Waals surface area (Å²) < 4.78 is 10.8. The molecule has 21 heavy (non-hydrogen) atoms. The molecule has 0 aromatic heterocycles. The van der Waals surface area contributed by atoms with Gasteiger partial charge in [-0.25, -0.2) is 0 Å². The molecule has 0 saturated carbocycles. The van der Waals surface area contributed by atoms with Crippen molar-refractivity contribution in [1.29, 1.82) is 0 Å². The molecule has 0 unspecified atom stereocenters. The van der Waals surface area contributed by atoms with E-state index in [0.29, 0.717) is 18.2 Å². The highest BCUT2D eigenvalue weighted by atomic mass is 35.5. The maximum atomic E-state index is 6.22. The van der Waals surface area contributed by atoms with Crippen LogP contribution in [0.5, 0.6) is 11.5 Å². The van der Waals surface area contributed by atoms with Crippen LogP contribution in [-0.4, -0.2) is 13.7 Å². The van der Waals surface area contributed by atoms with Gasteiger partial charge in [-0.3, -0.25) is 0 Å². The van der Waals surface area contributed by atoms with E-state index in [1.807, 2.05) is 43.3 Å². The van der Waals surface area contributed by atoms with Crippen molar-refractivity contribution >= 4 is 11.6 Å². The van der Waals surface area contributed by atoms with E-state index in [-0.39, 0.29) is 0 Å². The molecule has 0 heterocycles. The molecular formula is C17H20ClNO2. The first kappa shape index (κ1) is 15.7. The summed E-state index contributed by atoms with van der Waals surface area (Å²) in [6.45, 7) is 4.05. The van der Waals surface area contributed by atoms with Crippen LogP contribution < -0.4 is 14.8 Å². The van der Waals surface area contributed by atoms with E-state index in [4.69, 9.17) is 21.1 Å². The van der Waals surface area contributed by atoms with Crippen LogP contribution in [0.3, 0.4) is 0 Å². The molecule has 0 saturated heterocycles. The van der Waals surface area contributed by atoms with Crippen LogP contribution in [0, 0.1) is 0 Å². The summed E-state index contributed by atoms with van der Waals surface area (Å²) >= 11 is 6.22. The molecule has 3 nitrogen and oxygen atoms in total. The Labute approximate surface area is 130 Å². The Balaban J connectivity index is 1.97. The van der Waals surface area contributed by atoms with Gasteiger partial charge in [0.25, 0.3) is 0 Å². The van der Waals surface area contributed by atoms with Crippen molar-refractivity contribution in [2.45, 2.75) is 20.0 Å². The lowest BCUT2D eigenvalue weighted by molar-refractivity contribution is 0.340. The Bertz CT molecular complexity index is 587. The van der Waals surface area contributed by atoms with Gasteiger partial charge in [-0.15, -0.1) is 0 Å². The minimum atomic E-state index is 0.654. The molecule has 0 spiro atoms. The second-order valence-electron chi connectivity index (χ2n) is 4.60. The molecule has 0 aliphatic carbocycles. The number of benzene rings is 2. The third-order valence-electron chi connectivity index (χ3n) is 3.14. The zero-order valence-corrected chi connectivity index (χ0v) is 13.1. The first-order valence-corrected chi connectivity index (χ1v) is 7.36. The van der Waals surface area contributed by atoms with Crippen LogP contribution in [0.15, 0.2) is 42.5 Å². The summed E-state index contributed by atoms with van der Waals surface area (Å²) in [4.78, 5) is 0. The van der Waals surface area contributed by atoms with Crippen LogP contribution >= 0.6 is 11.6 Å². The minimum Gasteiger partial charge on any atom is -0.496 e. The summed E-state index contributed by atoms with van der Waals surface area (Å²) in [5.41, 5.74) is 2.15. The van der Waals surface area contributed by atoms with E-state index in [9.17, 15) is 0 Å². The third-order valence-corrected chi connectivity index (χ3v) is 3.49. The molecule has 0 atom stereocenters. The summed E-state index contributed by atoms with van der Waals surface area (Å²) in [6, 6.07) is 13.7. The molecule has 0 aliphatic heterocycles. The number of nitrogens with one attached hydrogen (secondary N) is 1. The summed E-state index contributed by atoms with van der Waals surface area (Å²) in [7, 11) is 1.65. The van der Waals surface area contributed by atoms with Gasteiger partial charge in [0.05, 0.1) is 13.7 Å². The maximum Gasteiger partial charge on any atom is 0.124 e. The van der Waals surface area contributed by atoms with Gasteiger partial charge in [0.2, 0.25) is 0 Å². The molecule has 2 aromatic rings. The van der Waals surface area contributed by atoms with E-state index in [1.54, 1.807) is 7.11 Å². The van der Waals surface area contributed by atoms with E-state index in [2.05, 4.69) is 11.4 Å². The number of rotatable bonds is 7. The minimum absolute atomic E-state index is 0.654. The number of hydrogen-bond donors (Lipinski definition) is 1. The largest absolute Gasteiger partial charge is 0.496 e. The number of halogens is 1. The molecule has 0 amide bonds. The van der Waals surface area contributed by atoms with Gasteiger partial charge in [0.1, 0.15) is 11.5 Å². The zero-order chi connectivity index (χ0) is 15.1. The fraction of sp³-hybridized carbons (Fsp3) is 0.294. The maximum absolute atomic E-state index is 6.22. The average Bonchev–Trinajstić information content (AvgIpc) is 2.49. The zero-order valence-electron chi connectivity index (χ0n) is 12.4. The molecule has 0 fully saturated rings. The summed E-state index contributed by atoms with van der Waals surface area (Å²) in [6.07, 6.45) is 0. The van der Waals surface area contributed by atoms with Gasteiger partial charge >= 0.3 is 0 Å². The lowest BCUT2D eigenvalue weighted by Crippen LogP contribution is -2.13. The van der Waals surface area contributed by atoms with E-state index in [0.717, 1.165) is 23.6 Å². The first-order valence-electron chi connectivity index (χ1n) is 6.98. The van der Waals surface area contributed by atoms with Crippen molar-refractivity contribution in [2.75, 3.05) is 13.7 Å². The molecule has 1 N–H and O–H groups in total. The average molecular weight is 306 g/mol. The van der Waals surface area contributed by atoms with Crippen LogP contribution in [0.4, 0.5) is 0 Å². The van der Waals surface area contributed by atoms with Crippen LogP contribution in [-0.2, 0) is 13.1 Å². The molecule has 0 radical (unpaired) electrons. The van der Waals surface area contributed by atoms with E-state index in [1.165, 1.54) is 5.56 Å². The van der Waals surface area contributed by atoms with Gasteiger partial charge in [-0.2, -0.15) is 0 Å². The Morgan fingerprint density at radius 1 is 1.10 bits per heavy atom. The molecule has 2 rings (SSSR count). The lowest BCUT2D eigenvalue weighted by atomic mass is 10.1. The van der Waals surface area contributed by atoms with Crippen molar-refractivity contribution in [2.24, 2.45) is 0 Å². The predicted octanol–water partition coefficient (Wildman–Crippen LogP) is 4.04. The Kier molecular flexibility index (Phi) is 5.90. The fourth-order valence-electron chi connectivity index (χ4n) is 2.15. The second-order valence-corrected chi connectivity index (χ2v) is 5.01. The van der Waals surface area contributed by atoms with Gasteiger partial charge in [0.15, 0.2) is 0 Å². The van der Waals surface area contributed by atoms with Crippen LogP contribution in [0.1, 0.15) is 18.1 Å². The van der Waals surface area contributed by atoms with Crippen LogP contribution in [0.2, 0.25) is 5.02 Å². The Morgan fingerprint density at radius 2 is 1.90 bits per heavy atom. The lowest BCUT2D eigenvalue weighted by Gasteiger charge is -2.12. The van der Waals surface area contributed by atoms with Gasteiger partial charge in [0, 0.05) is 23.7 Å². The molecule has 0 aliphatic rings. The molecule has 4 heteroatoms. The predicted molar refractivity (Wildman–Crippen MR) is 86.2 cm³/mol. The highest BCUT2D eigenvalue weighted by molar-refractivity contribution is 6.31. The molecule has 0 bridgehead atoms. The standard InChI is InChI=1S/C17H20ClNO2/c1-3-21-14-7-4-6-13(10-14)11-19-12-15-16(18)8-5-9-17(15)20-2/h4-10,19H,3,11-12H2,1-2H3. The van der Waals surface area contributed by atoms with Crippen molar-refractivity contribution in [3.05, 3.63) is 58.6 Å². The first-order chi connectivity index (χ1) is 10.2. The van der Waals surface area contributed by atoms with Gasteiger partial charge in [-0.05, 0) is 36.8 Å². The van der Waals surface area contributed by atoms with Gasteiger partial charge in [-0.1, -0.05) is 29.8 Å². The van der Waals surface area contributed by atoms with Crippen molar-refractivity contribution in [1.82, 2.24) is 5.32 Å². The van der Waals surface area contributed by atoms with Crippen LogP contribution in [0.25, 0.3) is 0 Å². The third kappa shape index (κ3) is 4.38. The molecule has 2 aromatic carbocycles. The monoisotopic (exact) mass is 305 g/mol. The smallest absolute Gasteiger partial charge is 0.124 e. The fourth-order valence-corrected chi connectivity index (χ4v) is 2.38. The Morgan fingerprint density at radius 3 is 2.67 bits per heavy atom.